The van der Waals surface area contributed by atoms with Gasteiger partial charge in [-0.2, -0.15) is 13.2 Å². The van der Waals surface area contributed by atoms with Gasteiger partial charge in [0.05, 0.1) is 14.8 Å². The molecule has 0 aliphatic carbocycles. The van der Waals surface area contributed by atoms with E-state index in [0.29, 0.717) is 11.8 Å². The summed E-state index contributed by atoms with van der Waals surface area (Å²) >= 11 is 9.48. The second kappa shape index (κ2) is 11.0. The van der Waals surface area contributed by atoms with Gasteiger partial charge in [0.25, 0.3) is 5.69 Å². The second-order valence-electron chi connectivity index (χ2n) is 6.41. The lowest BCUT2D eigenvalue weighted by atomic mass is 10.1. The third-order valence-electron chi connectivity index (χ3n) is 3.79. The number of nitro benzene ring substituents is 1. The first-order chi connectivity index (χ1) is 14.9. The lowest BCUT2D eigenvalue weighted by Gasteiger charge is -2.15. The average molecular weight is 554 g/mol. The standard InChI is InChI=1S/C20H17BrClF3N2O4S/c1-12(21)4-3-5-13(2)26-32(30)15-7-9-19(17(22)11-15)31-18-8-6-14(27(28)29)10-16(18)20(23,24)25/h3-12,26H,1-2H3/b4-3-,13-5+. The lowest BCUT2D eigenvalue weighted by Crippen LogP contribution is -2.14. The van der Waals surface area contributed by atoms with E-state index in [1.807, 2.05) is 13.0 Å². The van der Waals surface area contributed by atoms with Gasteiger partial charge in [0.1, 0.15) is 28.0 Å². The van der Waals surface area contributed by atoms with Crippen LogP contribution in [0, 0.1) is 10.1 Å². The molecule has 12 heteroatoms. The van der Waals surface area contributed by atoms with Crippen molar-refractivity contribution in [2.45, 2.75) is 29.7 Å². The molecule has 2 aromatic rings. The molecule has 0 aliphatic rings. The zero-order valence-electron chi connectivity index (χ0n) is 16.7. The number of alkyl halides is 4. The minimum atomic E-state index is -4.88. The highest BCUT2D eigenvalue weighted by Gasteiger charge is 2.36. The fourth-order valence-corrected chi connectivity index (χ4v) is 3.69. The Bertz CT molecular complexity index is 1090. The number of rotatable bonds is 8. The second-order valence-corrected chi connectivity index (χ2v) is 9.48. The van der Waals surface area contributed by atoms with Crippen LogP contribution in [0.2, 0.25) is 5.02 Å². The topological polar surface area (TPSA) is 81.5 Å². The van der Waals surface area contributed by atoms with E-state index in [-0.39, 0.29) is 20.5 Å². The van der Waals surface area contributed by atoms with E-state index in [9.17, 15) is 27.5 Å². The van der Waals surface area contributed by atoms with Crippen LogP contribution in [0.3, 0.4) is 0 Å². The molecule has 2 rings (SSSR count). The predicted molar refractivity (Wildman–Crippen MR) is 120 cm³/mol. The molecular formula is C20H17BrClF3N2O4S. The number of nitro groups is 1. The number of halogens is 5. The number of non-ortho nitro benzene ring substituents is 1. The number of ether oxygens (including phenoxy) is 1. The maximum Gasteiger partial charge on any atom is 0.420 e. The van der Waals surface area contributed by atoms with Crippen LogP contribution in [-0.2, 0) is 17.2 Å². The van der Waals surface area contributed by atoms with Crippen LogP contribution in [0.5, 0.6) is 11.5 Å². The Morgan fingerprint density at radius 2 is 1.94 bits per heavy atom. The predicted octanol–water partition coefficient (Wildman–Crippen LogP) is 6.91. The monoisotopic (exact) mass is 552 g/mol. The van der Waals surface area contributed by atoms with Crippen molar-refractivity contribution < 1.29 is 27.0 Å². The minimum Gasteiger partial charge on any atom is -0.455 e. The summed E-state index contributed by atoms with van der Waals surface area (Å²) in [5, 5.41) is 10.7. The third-order valence-corrected chi connectivity index (χ3v) is 5.58. The summed E-state index contributed by atoms with van der Waals surface area (Å²) in [6.07, 6.45) is 0.502. The first-order valence-corrected chi connectivity index (χ1v) is 11.3. The van der Waals surface area contributed by atoms with Gasteiger partial charge in [-0.05, 0) is 44.2 Å². The molecule has 172 valence electrons. The SMILES string of the molecule is C/C(=C\C=C/C(C)Br)NS(=O)c1ccc(Oc2ccc([N+](=O)[O-])cc2C(F)(F)F)c(Cl)c1. The fraction of sp³-hybridized carbons (Fsp3) is 0.200. The van der Waals surface area contributed by atoms with Gasteiger partial charge in [0, 0.05) is 22.7 Å². The maximum absolute atomic E-state index is 13.3. The molecule has 0 saturated heterocycles. The molecule has 2 atom stereocenters. The summed E-state index contributed by atoms with van der Waals surface area (Å²) in [5.41, 5.74) is -1.43. The highest BCUT2D eigenvalue weighted by atomic mass is 79.9. The number of benzene rings is 2. The Morgan fingerprint density at radius 1 is 1.28 bits per heavy atom. The van der Waals surface area contributed by atoms with Crippen LogP contribution in [0.4, 0.5) is 18.9 Å². The summed E-state index contributed by atoms with van der Waals surface area (Å²) in [5.74, 6) is -0.781. The normalized spacial score (nSPS) is 14.3. The van der Waals surface area contributed by atoms with E-state index >= 15 is 0 Å². The van der Waals surface area contributed by atoms with Crippen molar-refractivity contribution in [2.24, 2.45) is 0 Å². The molecule has 2 unspecified atom stereocenters. The van der Waals surface area contributed by atoms with Crippen LogP contribution in [0.25, 0.3) is 0 Å². The van der Waals surface area contributed by atoms with Crippen molar-refractivity contribution in [3.63, 3.8) is 0 Å². The van der Waals surface area contributed by atoms with Gasteiger partial charge < -0.3 is 9.46 Å². The number of nitrogens with zero attached hydrogens (tertiary/aromatic N) is 1. The van der Waals surface area contributed by atoms with E-state index < -0.39 is 39.1 Å². The van der Waals surface area contributed by atoms with Crippen LogP contribution < -0.4 is 9.46 Å². The quantitative estimate of drug-likeness (QED) is 0.167. The third kappa shape index (κ3) is 7.35. The molecular weight excluding hydrogens is 537 g/mol. The zero-order chi connectivity index (χ0) is 24.1. The van der Waals surface area contributed by atoms with Crippen molar-refractivity contribution in [1.29, 1.82) is 0 Å². The summed E-state index contributed by atoms with van der Waals surface area (Å²) in [4.78, 5) is 10.3. The Labute approximate surface area is 198 Å². The number of hydrogen-bond donors (Lipinski definition) is 1. The molecule has 0 fully saturated rings. The Hall–Kier alpha value is -2.37. The highest BCUT2D eigenvalue weighted by Crippen LogP contribution is 2.41. The Morgan fingerprint density at radius 3 is 2.50 bits per heavy atom. The summed E-state index contributed by atoms with van der Waals surface area (Å²) < 4.78 is 60.5. The summed E-state index contributed by atoms with van der Waals surface area (Å²) in [7, 11) is -1.68. The molecule has 0 bridgehead atoms. The van der Waals surface area contributed by atoms with Gasteiger partial charge in [-0.1, -0.05) is 39.7 Å². The smallest absolute Gasteiger partial charge is 0.420 e. The van der Waals surface area contributed by atoms with Gasteiger partial charge in [0.15, 0.2) is 0 Å². The van der Waals surface area contributed by atoms with Crippen molar-refractivity contribution in [1.82, 2.24) is 4.72 Å². The lowest BCUT2D eigenvalue weighted by molar-refractivity contribution is -0.385. The van der Waals surface area contributed by atoms with Crippen molar-refractivity contribution >= 4 is 44.2 Å². The van der Waals surface area contributed by atoms with E-state index in [1.54, 1.807) is 19.1 Å². The molecule has 0 aromatic heterocycles. The molecule has 0 spiro atoms. The van der Waals surface area contributed by atoms with Gasteiger partial charge in [-0.15, -0.1) is 0 Å². The largest absolute Gasteiger partial charge is 0.455 e. The van der Waals surface area contributed by atoms with Crippen LogP contribution in [-0.4, -0.2) is 14.0 Å². The van der Waals surface area contributed by atoms with Gasteiger partial charge in [-0.25, -0.2) is 4.21 Å². The fourth-order valence-electron chi connectivity index (χ4n) is 2.33. The van der Waals surface area contributed by atoms with E-state index in [4.69, 9.17) is 16.3 Å². The van der Waals surface area contributed by atoms with Gasteiger partial charge >= 0.3 is 6.18 Å². The average Bonchev–Trinajstić information content (AvgIpc) is 2.68. The maximum atomic E-state index is 13.3. The van der Waals surface area contributed by atoms with E-state index in [0.717, 1.165) is 12.1 Å². The van der Waals surface area contributed by atoms with E-state index in [2.05, 4.69) is 20.7 Å². The van der Waals surface area contributed by atoms with Crippen LogP contribution >= 0.6 is 27.5 Å². The van der Waals surface area contributed by atoms with Gasteiger partial charge in [-0.3, -0.25) is 10.1 Å². The molecule has 0 amide bonds. The van der Waals surface area contributed by atoms with E-state index in [1.165, 1.54) is 18.2 Å². The van der Waals surface area contributed by atoms with Crippen LogP contribution in [0.1, 0.15) is 19.4 Å². The van der Waals surface area contributed by atoms with Gasteiger partial charge in [0.2, 0.25) is 0 Å². The first kappa shape index (κ1) is 25.9. The number of nitrogens with one attached hydrogen (secondary N) is 1. The molecule has 0 aliphatic heterocycles. The molecule has 1 N–H and O–H groups in total. The summed E-state index contributed by atoms with van der Waals surface area (Å²) in [6, 6.07) is 6.07. The zero-order valence-corrected chi connectivity index (χ0v) is 19.8. The highest BCUT2D eigenvalue weighted by molar-refractivity contribution is 9.09. The summed E-state index contributed by atoms with van der Waals surface area (Å²) in [6.45, 7) is 3.65. The van der Waals surface area contributed by atoms with Crippen molar-refractivity contribution in [3.05, 3.63) is 81.0 Å². The first-order valence-electron chi connectivity index (χ1n) is 8.89. The molecule has 32 heavy (non-hydrogen) atoms. The van der Waals surface area contributed by atoms with Crippen molar-refractivity contribution in [3.8, 4) is 11.5 Å². The molecule has 0 heterocycles. The Kier molecular flexibility index (Phi) is 8.88. The molecule has 2 aromatic carbocycles. The number of allylic oxidation sites excluding steroid dienone is 4. The van der Waals surface area contributed by atoms with Crippen molar-refractivity contribution in [2.75, 3.05) is 0 Å². The van der Waals surface area contributed by atoms with Crippen LogP contribution in [0.15, 0.2) is 65.2 Å². The molecule has 0 saturated carbocycles. The number of hydrogen-bond acceptors (Lipinski definition) is 4. The molecule has 6 nitrogen and oxygen atoms in total. The minimum absolute atomic E-state index is 0.0845. The molecule has 0 radical (unpaired) electrons. The Balaban J connectivity index is 2.24.